The summed E-state index contributed by atoms with van der Waals surface area (Å²) >= 11 is 0. The molecule has 0 atom stereocenters. The zero-order valence-electron chi connectivity index (χ0n) is 8.66. The highest BCUT2D eigenvalue weighted by Gasteiger charge is 2.26. The fraction of sp³-hybridized carbons (Fsp3) is 0.400. The Morgan fingerprint density at radius 2 is 2.21 bits per heavy atom. The third kappa shape index (κ3) is 2.15. The summed E-state index contributed by atoms with van der Waals surface area (Å²) in [5.74, 6) is 0. The molecule has 0 spiro atoms. The summed E-state index contributed by atoms with van der Waals surface area (Å²) in [6, 6.07) is 5.81. The number of benzene rings is 1. The third-order valence-electron chi connectivity index (χ3n) is 2.11. The van der Waals surface area contributed by atoms with E-state index >= 15 is 0 Å². The van der Waals surface area contributed by atoms with Crippen LogP contribution in [0.1, 0.15) is 25.0 Å². The van der Waals surface area contributed by atoms with Gasteiger partial charge in [0.05, 0.1) is 6.61 Å². The van der Waals surface area contributed by atoms with Gasteiger partial charge in [-0.2, -0.15) is 0 Å². The molecule has 0 radical (unpaired) electrons. The molecule has 3 N–H and O–H groups in total. The normalized spacial score (nSPS) is 13.3. The van der Waals surface area contributed by atoms with Crippen LogP contribution in [0.4, 0.5) is 0 Å². The molecule has 1 aliphatic rings. The monoisotopic (exact) mass is 193 g/mol. The molecule has 0 unspecified atom stereocenters. The van der Waals surface area contributed by atoms with Crippen molar-refractivity contribution in [3.8, 4) is 0 Å². The first kappa shape index (κ1) is 11.2. The zero-order chi connectivity index (χ0) is 10.6. The molecule has 2 rings (SSSR count). The average molecular weight is 193 g/mol. The van der Waals surface area contributed by atoms with E-state index in [1.54, 1.807) is 0 Å². The minimum atomic E-state index is -0.758. The lowest BCUT2D eigenvalue weighted by atomic mass is 9.79. The van der Waals surface area contributed by atoms with Crippen LogP contribution in [0.15, 0.2) is 18.2 Å². The van der Waals surface area contributed by atoms with Crippen LogP contribution in [0.3, 0.4) is 0 Å². The standard InChI is InChI=1S/C8H10BNO2.C2H6/c10-4-6-1-2-7-5-12-9(11)8(7)3-6;1-2/h1-3,11H,4-5,10H2;1-2H3. The van der Waals surface area contributed by atoms with Crippen molar-refractivity contribution in [3.05, 3.63) is 29.3 Å². The second-order valence-electron chi connectivity index (χ2n) is 2.90. The number of hydrogen-bond acceptors (Lipinski definition) is 3. The van der Waals surface area contributed by atoms with Crippen molar-refractivity contribution in [3.63, 3.8) is 0 Å². The van der Waals surface area contributed by atoms with Gasteiger partial charge >= 0.3 is 7.12 Å². The summed E-state index contributed by atoms with van der Waals surface area (Å²) in [7, 11) is -0.758. The van der Waals surface area contributed by atoms with Gasteiger partial charge in [0.2, 0.25) is 0 Å². The molecule has 1 aromatic rings. The van der Waals surface area contributed by atoms with E-state index in [1.165, 1.54) is 0 Å². The molecule has 4 heteroatoms. The molecule has 1 heterocycles. The van der Waals surface area contributed by atoms with Gasteiger partial charge in [-0.1, -0.05) is 32.0 Å². The van der Waals surface area contributed by atoms with Gasteiger partial charge in [-0.25, -0.2) is 0 Å². The van der Waals surface area contributed by atoms with Gasteiger partial charge in [0.25, 0.3) is 0 Å². The summed E-state index contributed by atoms with van der Waals surface area (Å²) < 4.78 is 5.04. The Bertz CT molecular complexity index is 304. The molecule has 0 saturated heterocycles. The van der Waals surface area contributed by atoms with E-state index in [0.29, 0.717) is 13.2 Å². The topological polar surface area (TPSA) is 55.5 Å². The molecule has 76 valence electrons. The molecule has 0 fully saturated rings. The van der Waals surface area contributed by atoms with Crippen LogP contribution in [0.5, 0.6) is 0 Å². The molecule has 14 heavy (non-hydrogen) atoms. The second-order valence-corrected chi connectivity index (χ2v) is 2.90. The third-order valence-corrected chi connectivity index (χ3v) is 2.11. The molecule has 0 aliphatic carbocycles. The fourth-order valence-corrected chi connectivity index (χ4v) is 1.39. The lowest BCUT2D eigenvalue weighted by Gasteiger charge is -2.00. The van der Waals surface area contributed by atoms with E-state index in [4.69, 9.17) is 10.4 Å². The van der Waals surface area contributed by atoms with E-state index in [1.807, 2.05) is 32.0 Å². The maximum absolute atomic E-state index is 9.34. The molecule has 3 nitrogen and oxygen atoms in total. The minimum Gasteiger partial charge on any atom is -0.423 e. The van der Waals surface area contributed by atoms with Gasteiger partial charge in [-0.3, -0.25) is 0 Å². The van der Waals surface area contributed by atoms with E-state index in [2.05, 4.69) is 0 Å². The number of rotatable bonds is 1. The van der Waals surface area contributed by atoms with Gasteiger partial charge in [-0.15, -0.1) is 0 Å². The Morgan fingerprint density at radius 3 is 2.86 bits per heavy atom. The van der Waals surface area contributed by atoms with Crippen molar-refractivity contribution in [2.24, 2.45) is 5.73 Å². The molecule has 0 aromatic heterocycles. The summed E-state index contributed by atoms with van der Waals surface area (Å²) in [5.41, 5.74) is 8.41. The first-order valence-electron chi connectivity index (χ1n) is 4.92. The Labute approximate surface area is 85.0 Å². The Balaban J connectivity index is 0.000000461. The largest absolute Gasteiger partial charge is 0.491 e. The summed E-state index contributed by atoms with van der Waals surface area (Å²) in [5, 5.41) is 9.34. The van der Waals surface area contributed by atoms with E-state index in [-0.39, 0.29) is 0 Å². The van der Waals surface area contributed by atoms with Crippen LogP contribution in [0, 0.1) is 0 Å². The Kier molecular flexibility index (Phi) is 4.13. The van der Waals surface area contributed by atoms with Crippen molar-refractivity contribution in [1.82, 2.24) is 0 Å². The second kappa shape index (κ2) is 5.15. The number of fused-ring (bicyclic) bond motifs is 1. The maximum atomic E-state index is 9.34. The van der Waals surface area contributed by atoms with Crippen LogP contribution < -0.4 is 11.2 Å². The Morgan fingerprint density at radius 1 is 1.50 bits per heavy atom. The van der Waals surface area contributed by atoms with Crippen molar-refractivity contribution < 1.29 is 9.68 Å². The zero-order valence-corrected chi connectivity index (χ0v) is 8.66. The Hall–Kier alpha value is -0.835. The van der Waals surface area contributed by atoms with Gasteiger partial charge in [0.1, 0.15) is 0 Å². The predicted molar refractivity (Wildman–Crippen MR) is 58.1 cm³/mol. The SMILES string of the molecule is CC.NCc1ccc2c(c1)B(O)OC2. The lowest BCUT2D eigenvalue weighted by molar-refractivity contribution is 0.275. The number of hydrogen-bond donors (Lipinski definition) is 2. The van der Waals surface area contributed by atoms with Crippen LogP contribution in [-0.2, 0) is 17.8 Å². The van der Waals surface area contributed by atoms with Gasteiger partial charge < -0.3 is 15.4 Å². The van der Waals surface area contributed by atoms with E-state index in [9.17, 15) is 5.02 Å². The van der Waals surface area contributed by atoms with Crippen molar-refractivity contribution in [2.75, 3.05) is 0 Å². The summed E-state index contributed by atoms with van der Waals surface area (Å²) in [4.78, 5) is 0. The maximum Gasteiger partial charge on any atom is 0.491 e. The van der Waals surface area contributed by atoms with Gasteiger partial charge in [-0.05, 0) is 16.6 Å². The van der Waals surface area contributed by atoms with Crippen molar-refractivity contribution >= 4 is 12.6 Å². The van der Waals surface area contributed by atoms with Gasteiger partial charge in [0.15, 0.2) is 0 Å². The first-order chi connectivity index (χ1) is 6.81. The lowest BCUT2D eigenvalue weighted by Crippen LogP contribution is -2.28. The van der Waals surface area contributed by atoms with E-state index in [0.717, 1.165) is 16.6 Å². The molecule has 0 saturated carbocycles. The average Bonchev–Trinajstić information content (AvgIpc) is 2.63. The molecule has 0 amide bonds. The highest BCUT2D eigenvalue weighted by atomic mass is 16.5. The van der Waals surface area contributed by atoms with Crippen molar-refractivity contribution in [2.45, 2.75) is 27.0 Å². The van der Waals surface area contributed by atoms with Crippen LogP contribution in [-0.4, -0.2) is 12.1 Å². The van der Waals surface area contributed by atoms with Crippen LogP contribution >= 0.6 is 0 Å². The summed E-state index contributed by atoms with van der Waals surface area (Å²) in [6.45, 7) is 5.00. The first-order valence-corrected chi connectivity index (χ1v) is 4.92. The molecule has 1 aliphatic heterocycles. The quantitative estimate of drug-likeness (QED) is 0.634. The van der Waals surface area contributed by atoms with Gasteiger partial charge in [0, 0.05) is 6.54 Å². The minimum absolute atomic E-state index is 0.500. The summed E-state index contributed by atoms with van der Waals surface area (Å²) in [6.07, 6.45) is 0. The van der Waals surface area contributed by atoms with Crippen LogP contribution in [0.25, 0.3) is 0 Å². The highest BCUT2D eigenvalue weighted by Crippen LogP contribution is 2.10. The molecular formula is C10H16BNO2. The highest BCUT2D eigenvalue weighted by molar-refractivity contribution is 6.61. The fourth-order valence-electron chi connectivity index (χ4n) is 1.39. The molecular weight excluding hydrogens is 177 g/mol. The molecule has 1 aromatic carbocycles. The van der Waals surface area contributed by atoms with Crippen molar-refractivity contribution in [1.29, 1.82) is 0 Å². The smallest absolute Gasteiger partial charge is 0.423 e. The molecule has 0 bridgehead atoms. The predicted octanol–water partition coefficient (Wildman–Crippen LogP) is 0.389. The van der Waals surface area contributed by atoms with Crippen LogP contribution in [0.2, 0.25) is 0 Å². The number of nitrogens with two attached hydrogens (primary N) is 1. The van der Waals surface area contributed by atoms with E-state index < -0.39 is 7.12 Å².